The highest BCUT2D eigenvalue weighted by Crippen LogP contribution is 2.66. The molecule has 1 N–H and O–H groups in total. The van der Waals surface area contributed by atoms with Gasteiger partial charge in [0.1, 0.15) is 5.60 Å². The van der Waals surface area contributed by atoms with E-state index < -0.39 is 5.97 Å². The molecule has 0 unspecified atom stereocenters. The predicted molar refractivity (Wildman–Crippen MR) is 70.4 cm³/mol. The fourth-order valence-corrected chi connectivity index (χ4v) is 3.40. The van der Waals surface area contributed by atoms with Gasteiger partial charge >= 0.3 is 5.97 Å². The quantitative estimate of drug-likeness (QED) is 0.475. The van der Waals surface area contributed by atoms with E-state index >= 15 is 0 Å². The van der Waals surface area contributed by atoms with Crippen molar-refractivity contribution < 1.29 is 14.6 Å². The highest BCUT2D eigenvalue weighted by atomic mass is 16.6. The Kier molecular flexibility index (Phi) is 2.93. The van der Waals surface area contributed by atoms with Crippen molar-refractivity contribution in [1.82, 2.24) is 0 Å². The van der Waals surface area contributed by atoms with Gasteiger partial charge in [0.2, 0.25) is 0 Å². The first-order chi connectivity index (χ1) is 8.22. The smallest absolute Gasteiger partial charge is 0.328 e. The molecule has 100 valence electrons. The van der Waals surface area contributed by atoms with Crippen molar-refractivity contribution in [3.63, 3.8) is 0 Å². The Balaban J connectivity index is 2.23. The number of rotatable bonds is 3. The summed E-state index contributed by atoms with van der Waals surface area (Å²) in [5.74, 6) is -0.906. The molecule has 2 aliphatic rings. The Morgan fingerprint density at radius 3 is 2.50 bits per heavy atom. The summed E-state index contributed by atoms with van der Waals surface area (Å²) in [5, 5.41) is 8.71. The number of carboxylic acids is 1. The fraction of sp³-hybridized carbons (Fsp3) is 0.667. The summed E-state index contributed by atoms with van der Waals surface area (Å²) in [4.78, 5) is 10.6. The third-order valence-electron chi connectivity index (χ3n) is 4.52. The van der Waals surface area contributed by atoms with E-state index in [1.165, 1.54) is 12.5 Å². The maximum atomic E-state index is 10.6. The van der Waals surface area contributed by atoms with Crippen molar-refractivity contribution in [2.75, 3.05) is 0 Å². The highest BCUT2D eigenvalue weighted by molar-refractivity contribution is 5.81. The van der Waals surface area contributed by atoms with E-state index in [1.807, 2.05) is 6.08 Å². The van der Waals surface area contributed by atoms with Crippen LogP contribution in [0, 0.1) is 5.41 Å². The topological polar surface area (TPSA) is 49.8 Å². The maximum absolute atomic E-state index is 10.6. The molecule has 18 heavy (non-hydrogen) atoms. The number of epoxide rings is 1. The predicted octanol–water partition coefficient (Wildman–Crippen LogP) is 3.31. The minimum absolute atomic E-state index is 0.0608. The second-order valence-electron chi connectivity index (χ2n) is 6.37. The van der Waals surface area contributed by atoms with Gasteiger partial charge in [0, 0.05) is 11.5 Å². The van der Waals surface area contributed by atoms with Gasteiger partial charge in [-0.25, -0.2) is 4.79 Å². The lowest BCUT2D eigenvalue weighted by molar-refractivity contribution is -0.131. The molecular weight excluding hydrogens is 228 g/mol. The standard InChI is InChI=1S/C15H22O3/c1-11(10-12(16)17)6-9-15-13(2,3)7-5-8-14(15,4)18-15/h6,9-10H,5,7-8H2,1-4H3,(H,16,17)/b9-6+,11-10-/t14-,15+/m1/s1. The van der Waals surface area contributed by atoms with Crippen molar-refractivity contribution in [1.29, 1.82) is 0 Å². The van der Waals surface area contributed by atoms with Gasteiger partial charge in [0.05, 0.1) is 5.60 Å². The lowest BCUT2D eigenvalue weighted by Crippen LogP contribution is -2.41. The molecule has 0 spiro atoms. The molecule has 0 aromatic heterocycles. The van der Waals surface area contributed by atoms with Crippen LogP contribution in [0.25, 0.3) is 0 Å². The molecule has 2 rings (SSSR count). The third kappa shape index (κ3) is 1.91. The maximum Gasteiger partial charge on any atom is 0.328 e. The van der Waals surface area contributed by atoms with E-state index in [1.54, 1.807) is 6.92 Å². The minimum atomic E-state index is -0.906. The van der Waals surface area contributed by atoms with Gasteiger partial charge in [0.25, 0.3) is 0 Å². The van der Waals surface area contributed by atoms with Gasteiger partial charge in [-0.3, -0.25) is 0 Å². The van der Waals surface area contributed by atoms with Crippen molar-refractivity contribution in [3.05, 3.63) is 23.8 Å². The highest BCUT2D eigenvalue weighted by Gasteiger charge is 2.73. The molecule has 1 aliphatic heterocycles. The largest absolute Gasteiger partial charge is 0.478 e. The molecular formula is C15H22O3. The first-order valence-electron chi connectivity index (χ1n) is 6.53. The normalized spacial score (nSPS) is 38.6. The average molecular weight is 250 g/mol. The number of hydrogen-bond donors (Lipinski definition) is 1. The zero-order valence-electron chi connectivity index (χ0n) is 11.6. The minimum Gasteiger partial charge on any atom is -0.478 e. The van der Waals surface area contributed by atoms with Crippen LogP contribution in [0.5, 0.6) is 0 Å². The molecule has 1 saturated heterocycles. The van der Waals surface area contributed by atoms with E-state index in [9.17, 15) is 4.79 Å². The van der Waals surface area contributed by atoms with Crippen LogP contribution in [-0.2, 0) is 9.53 Å². The molecule has 1 heterocycles. The van der Waals surface area contributed by atoms with Gasteiger partial charge in [-0.15, -0.1) is 0 Å². The summed E-state index contributed by atoms with van der Waals surface area (Å²) < 4.78 is 6.06. The summed E-state index contributed by atoms with van der Waals surface area (Å²) in [5.41, 5.74) is 0.580. The molecule has 2 atom stereocenters. The van der Waals surface area contributed by atoms with Crippen LogP contribution in [0.4, 0.5) is 0 Å². The molecule has 0 bridgehead atoms. The molecule has 0 aromatic rings. The van der Waals surface area contributed by atoms with Crippen LogP contribution in [0.2, 0.25) is 0 Å². The lowest BCUT2D eigenvalue weighted by Gasteiger charge is -2.36. The summed E-state index contributed by atoms with van der Waals surface area (Å²) >= 11 is 0. The number of allylic oxidation sites excluding steroid dienone is 2. The Morgan fingerprint density at radius 1 is 1.28 bits per heavy atom. The first kappa shape index (κ1) is 13.3. The molecule has 2 fully saturated rings. The molecule has 0 aromatic carbocycles. The van der Waals surface area contributed by atoms with Crippen LogP contribution in [0.1, 0.15) is 47.0 Å². The van der Waals surface area contributed by atoms with Crippen molar-refractivity contribution >= 4 is 5.97 Å². The van der Waals surface area contributed by atoms with Gasteiger partial charge in [0.15, 0.2) is 0 Å². The van der Waals surface area contributed by atoms with Crippen LogP contribution in [0.15, 0.2) is 23.8 Å². The molecule has 0 radical (unpaired) electrons. The summed E-state index contributed by atoms with van der Waals surface area (Å²) in [7, 11) is 0. The molecule has 0 amide bonds. The van der Waals surface area contributed by atoms with Gasteiger partial charge in [-0.05, 0) is 44.8 Å². The molecule has 3 heteroatoms. The van der Waals surface area contributed by atoms with E-state index in [0.29, 0.717) is 0 Å². The number of carboxylic acid groups (broad SMARTS) is 1. The monoisotopic (exact) mass is 250 g/mol. The van der Waals surface area contributed by atoms with Crippen molar-refractivity contribution in [2.24, 2.45) is 5.41 Å². The van der Waals surface area contributed by atoms with Gasteiger partial charge < -0.3 is 9.84 Å². The second kappa shape index (κ2) is 3.95. The molecule has 1 saturated carbocycles. The Hall–Kier alpha value is -1.09. The van der Waals surface area contributed by atoms with Crippen molar-refractivity contribution in [2.45, 2.75) is 58.2 Å². The molecule has 1 aliphatic carbocycles. The first-order valence-corrected chi connectivity index (χ1v) is 6.53. The fourth-order valence-electron chi connectivity index (χ4n) is 3.40. The van der Waals surface area contributed by atoms with Gasteiger partial charge in [-0.1, -0.05) is 19.9 Å². The summed E-state index contributed by atoms with van der Waals surface area (Å²) in [6, 6.07) is 0. The second-order valence-corrected chi connectivity index (χ2v) is 6.37. The zero-order valence-corrected chi connectivity index (χ0v) is 11.6. The van der Waals surface area contributed by atoms with E-state index in [2.05, 4.69) is 26.8 Å². The average Bonchev–Trinajstić information content (AvgIpc) is 2.82. The Morgan fingerprint density at radius 2 is 1.94 bits per heavy atom. The van der Waals surface area contributed by atoms with Crippen LogP contribution < -0.4 is 0 Å². The van der Waals surface area contributed by atoms with E-state index in [0.717, 1.165) is 18.4 Å². The summed E-state index contributed by atoms with van der Waals surface area (Å²) in [6.45, 7) is 8.43. The van der Waals surface area contributed by atoms with Crippen LogP contribution in [0.3, 0.4) is 0 Å². The van der Waals surface area contributed by atoms with E-state index in [4.69, 9.17) is 9.84 Å². The number of fused-ring (bicyclic) bond motifs is 1. The summed E-state index contributed by atoms with van der Waals surface area (Å²) in [6.07, 6.45) is 8.61. The SMILES string of the molecule is CC(=C/C(=O)O)/C=C/[C@@]12O[C@]1(C)CCCC2(C)C. The van der Waals surface area contributed by atoms with Crippen LogP contribution >= 0.6 is 0 Å². The molecule has 3 nitrogen and oxygen atoms in total. The van der Waals surface area contributed by atoms with E-state index in [-0.39, 0.29) is 16.6 Å². The number of carbonyl (C=O) groups is 1. The van der Waals surface area contributed by atoms with Crippen LogP contribution in [-0.4, -0.2) is 22.3 Å². The third-order valence-corrected chi connectivity index (χ3v) is 4.52. The van der Waals surface area contributed by atoms with Gasteiger partial charge in [-0.2, -0.15) is 0 Å². The number of ether oxygens (including phenoxy) is 1. The zero-order chi connectivity index (χ0) is 13.6. The number of aliphatic carboxylic acids is 1. The Bertz CT molecular complexity index is 433. The number of hydrogen-bond acceptors (Lipinski definition) is 2. The lowest BCUT2D eigenvalue weighted by atomic mass is 9.64. The Labute approximate surface area is 109 Å². The van der Waals surface area contributed by atoms with Crippen molar-refractivity contribution in [3.8, 4) is 0 Å².